The number of nitrogens with two attached hydrogens (primary N) is 1. The molecule has 106 valence electrons. The second-order valence-electron chi connectivity index (χ2n) is 4.40. The second kappa shape index (κ2) is 4.92. The number of halogens is 3. The van der Waals surface area contributed by atoms with Crippen LogP contribution in [0.4, 0.5) is 14.5 Å². The van der Waals surface area contributed by atoms with E-state index in [-0.39, 0.29) is 11.1 Å². The number of hydrogen-bond acceptors (Lipinski definition) is 3. The summed E-state index contributed by atoms with van der Waals surface area (Å²) in [7, 11) is 0. The second-order valence-corrected chi connectivity index (χ2v) is 5.32. The van der Waals surface area contributed by atoms with Crippen molar-refractivity contribution in [3.05, 3.63) is 57.8 Å². The van der Waals surface area contributed by atoms with Gasteiger partial charge in [-0.2, -0.15) is 0 Å². The van der Waals surface area contributed by atoms with Crippen molar-refractivity contribution in [1.82, 2.24) is 9.97 Å². The van der Waals surface area contributed by atoms with Gasteiger partial charge in [-0.15, -0.1) is 0 Å². The van der Waals surface area contributed by atoms with E-state index in [4.69, 9.17) is 5.73 Å². The Morgan fingerprint density at radius 1 is 1.29 bits per heavy atom. The van der Waals surface area contributed by atoms with Crippen molar-refractivity contribution in [2.75, 3.05) is 5.73 Å². The van der Waals surface area contributed by atoms with Crippen LogP contribution < -0.4 is 5.73 Å². The molecule has 2 aromatic heterocycles. The van der Waals surface area contributed by atoms with Crippen LogP contribution in [0, 0.1) is 11.6 Å². The molecule has 0 amide bonds. The fraction of sp³-hybridized carbons (Fsp3) is 0. The molecule has 3 aromatic rings. The Kier molecular flexibility index (Phi) is 3.21. The zero-order chi connectivity index (χ0) is 15.1. The smallest absolute Gasteiger partial charge is 0.198 e. The average Bonchev–Trinajstić information content (AvgIpc) is 2.87. The maximum Gasteiger partial charge on any atom is 0.198 e. The topological polar surface area (TPSA) is 71.8 Å². The van der Waals surface area contributed by atoms with Gasteiger partial charge in [-0.1, -0.05) is 0 Å². The van der Waals surface area contributed by atoms with E-state index in [2.05, 4.69) is 25.9 Å². The quantitative estimate of drug-likeness (QED) is 0.548. The molecule has 4 nitrogen and oxygen atoms in total. The summed E-state index contributed by atoms with van der Waals surface area (Å²) in [5.41, 5.74) is 5.07. The number of aromatic nitrogens is 2. The Morgan fingerprint density at radius 3 is 2.81 bits per heavy atom. The molecule has 0 saturated heterocycles. The molecule has 3 rings (SSSR count). The van der Waals surface area contributed by atoms with Crippen LogP contribution in [-0.4, -0.2) is 15.8 Å². The van der Waals surface area contributed by atoms with Gasteiger partial charge < -0.3 is 10.7 Å². The molecule has 0 fully saturated rings. The SMILES string of the molecule is Nc1c(F)ccc(C(=O)c2c[nH]c3ncc(Br)cc23)c1F. The third-order valence-corrected chi connectivity index (χ3v) is 3.55. The van der Waals surface area contributed by atoms with Gasteiger partial charge in [-0.3, -0.25) is 4.79 Å². The first-order chi connectivity index (χ1) is 9.99. The van der Waals surface area contributed by atoms with Gasteiger partial charge >= 0.3 is 0 Å². The van der Waals surface area contributed by atoms with E-state index in [1.165, 1.54) is 6.20 Å². The minimum atomic E-state index is -1.06. The highest BCUT2D eigenvalue weighted by Gasteiger charge is 2.21. The molecule has 21 heavy (non-hydrogen) atoms. The van der Waals surface area contributed by atoms with Gasteiger partial charge in [0.2, 0.25) is 0 Å². The van der Waals surface area contributed by atoms with Gasteiger partial charge in [0.1, 0.15) is 17.2 Å². The molecule has 0 radical (unpaired) electrons. The lowest BCUT2D eigenvalue weighted by atomic mass is 10.0. The number of nitrogen functional groups attached to an aromatic ring is 1. The number of anilines is 1. The van der Waals surface area contributed by atoms with E-state index in [0.29, 0.717) is 15.5 Å². The number of aromatic amines is 1. The fourth-order valence-corrected chi connectivity index (χ4v) is 2.39. The van der Waals surface area contributed by atoms with Crippen molar-refractivity contribution in [2.24, 2.45) is 0 Å². The van der Waals surface area contributed by atoms with Crippen molar-refractivity contribution in [3.63, 3.8) is 0 Å². The first-order valence-corrected chi connectivity index (χ1v) is 6.69. The van der Waals surface area contributed by atoms with Gasteiger partial charge in [0.15, 0.2) is 11.6 Å². The molecule has 0 bridgehead atoms. The molecule has 0 spiro atoms. The van der Waals surface area contributed by atoms with E-state index in [1.807, 2.05) is 0 Å². The molecule has 7 heteroatoms. The summed E-state index contributed by atoms with van der Waals surface area (Å²) in [6.07, 6.45) is 3.01. The number of hydrogen-bond donors (Lipinski definition) is 2. The van der Waals surface area contributed by atoms with Crippen LogP contribution in [0.25, 0.3) is 11.0 Å². The summed E-state index contributed by atoms with van der Waals surface area (Å²) in [6.45, 7) is 0. The molecule has 0 aliphatic carbocycles. The Morgan fingerprint density at radius 2 is 2.05 bits per heavy atom. The number of nitrogens with zero attached hydrogens (tertiary/aromatic N) is 1. The fourth-order valence-electron chi connectivity index (χ4n) is 2.06. The van der Waals surface area contributed by atoms with Gasteiger partial charge in [-0.05, 0) is 34.1 Å². The van der Waals surface area contributed by atoms with Crippen LogP contribution in [0.3, 0.4) is 0 Å². The van der Waals surface area contributed by atoms with Crippen LogP contribution in [0.5, 0.6) is 0 Å². The van der Waals surface area contributed by atoms with Crippen LogP contribution in [-0.2, 0) is 0 Å². The number of nitrogens with one attached hydrogen (secondary N) is 1. The Labute approximate surface area is 126 Å². The summed E-state index contributed by atoms with van der Waals surface area (Å²) < 4.78 is 27.8. The monoisotopic (exact) mass is 351 g/mol. The van der Waals surface area contributed by atoms with E-state index in [9.17, 15) is 13.6 Å². The van der Waals surface area contributed by atoms with Crippen molar-refractivity contribution in [3.8, 4) is 0 Å². The minimum absolute atomic E-state index is 0.240. The lowest BCUT2D eigenvalue weighted by Crippen LogP contribution is -2.07. The molecule has 0 aliphatic rings. The van der Waals surface area contributed by atoms with Crippen molar-refractivity contribution >= 4 is 38.4 Å². The summed E-state index contributed by atoms with van der Waals surface area (Å²) in [6, 6.07) is 3.74. The van der Waals surface area contributed by atoms with Gasteiger partial charge in [0.25, 0.3) is 0 Å². The Bertz CT molecular complexity index is 876. The standard InChI is InChI=1S/C14H8BrF2N3O/c15-6-3-8-9(5-20-14(8)19-4-6)13(21)7-1-2-10(16)12(18)11(7)17/h1-5H,18H2,(H,19,20). The molecular weight excluding hydrogens is 344 g/mol. The molecule has 0 aliphatic heterocycles. The van der Waals surface area contributed by atoms with E-state index in [0.717, 1.165) is 12.1 Å². The molecule has 0 unspecified atom stereocenters. The molecule has 0 saturated carbocycles. The van der Waals surface area contributed by atoms with E-state index >= 15 is 0 Å². The van der Waals surface area contributed by atoms with Crippen molar-refractivity contribution in [1.29, 1.82) is 0 Å². The van der Waals surface area contributed by atoms with E-state index < -0.39 is 23.1 Å². The lowest BCUT2D eigenvalue weighted by molar-refractivity contribution is 0.103. The summed E-state index contributed by atoms with van der Waals surface area (Å²) in [4.78, 5) is 19.4. The Hall–Kier alpha value is -2.28. The summed E-state index contributed by atoms with van der Waals surface area (Å²) >= 11 is 3.26. The highest BCUT2D eigenvalue weighted by atomic mass is 79.9. The number of H-pyrrole nitrogens is 1. The highest BCUT2D eigenvalue weighted by Crippen LogP contribution is 2.26. The number of carbonyl (C=O) groups is 1. The maximum absolute atomic E-state index is 14.0. The van der Waals surface area contributed by atoms with Crippen molar-refractivity contribution < 1.29 is 13.6 Å². The average molecular weight is 352 g/mol. The van der Waals surface area contributed by atoms with Crippen LogP contribution in [0.1, 0.15) is 15.9 Å². The number of carbonyl (C=O) groups excluding carboxylic acids is 1. The highest BCUT2D eigenvalue weighted by molar-refractivity contribution is 9.10. The van der Waals surface area contributed by atoms with Gasteiger partial charge in [0.05, 0.1) is 5.56 Å². The molecule has 3 N–H and O–H groups in total. The molecule has 2 heterocycles. The zero-order valence-electron chi connectivity index (χ0n) is 10.5. The van der Waals surface area contributed by atoms with Gasteiger partial charge in [0, 0.05) is 27.8 Å². The number of ketones is 1. The third kappa shape index (κ3) is 2.19. The molecular formula is C14H8BrF2N3O. The number of benzene rings is 1. The number of pyridine rings is 1. The van der Waals surface area contributed by atoms with Crippen LogP contribution in [0.15, 0.2) is 35.1 Å². The largest absolute Gasteiger partial charge is 0.394 e. The van der Waals surface area contributed by atoms with E-state index in [1.54, 1.807) is 12.3 Å². The predicted molar refractivity (Wildman–Crippen MR) is 78.0 cm³/mol. The first-order valence-electron chi connectivity index (χ1n) is 5.90. The number of fused-ring (bicyclic) bond motifs is 1. The minimum Gasteiger partial charge on any atom is -0.394 e. The number of rotatable bonds is 2. The Balaban J connectivity index is 2.17. The summed E-state index contributed by atoms with van der Waals surface area (Å²) in [5.74, 6) is -2.55. The van der Waals surface area contributed by atoms with Crippen LogP contribution >= 0.6 is 15.9 Å². The molecule has 1 aromatic carbocycles. The maximum atomic E-state index is 14.0. The predicted octanol–water partition coefficient (Wildman–Crippen LogP) is 3.42. The van der Waals surface area contributed by atoms with Crippen LogP contribution in [0.2, 0.25) is 0 Å². The normalized spacial score (nSPS) is 11.0. The zero-order valence-corrected chi connectivity index (χ0v) is 12.0. The summed E-state index contributed by atoms with van der Waals surface area (Å²) in [5, 5.41) is 0.539. The van der Waals surface area contributed by atoms with Crippen molar-refractivity contribution in [2.45, 2.75) is 0 Å². The van der Waals surface area contributed by atoms with Gasteiger partial charge in [-0.25, -0.2) is 13.8 Å². The first kappa shape index (κ1) is 13.7. The third-order valence-electron chi connectivity index (χ3n) is 3.11. The molecule has 0 atom stereocenters. The lowest BCUT2D eigenvalue weighted by Gasteiger charge is -2.05.